The highest BCUT2D eigenvalue weighted by Gasteiger charge is 2.36. The molecule has 0 unspecified atom stereocenters. The monoisotopic (exact) mass is 351 g/mol. The van der Waals surface area contributed by atoms with E-state index in [1.165, 1.54) is 4.90 Å². The average Bonchev–Trinajstić information content (AvgIpc) is 3.41. The highest BCUT2D eigenvalue weighted by atomic mass is 16.4. The van der Waals surface area contributed by atoms with Crippen LogP contribution in [0.15, 0.2) is 36.5 Å². The largest absolute Gasteiger partial charge is 0.480 e. The molecule has 1 saturated carbocycles. The number of aromatic nitrogens is 4. The van der Waals surface area contributed by atoms with E-state index in [-0.39, 0.29) is 18.3 Å². The minimum Gasteiger partial charge on any atom is -0.480 e. The molecule has 0 radical (unpaired) electrons. The van der Waals surface area contributed by atoms with Crippen molar-refractivity contribution in [2.45, 2.75) is 25.8 Å². The van der Waals surface area contributed by atoms with Crippen LogP contribution in [0.1, 0.15) is 29.0 Å². The van der Waals surface area contributed by atoms with Crippen LogP contribution < -0.4 is 0 Å². The molecular weight excluding hydrogens is 334 g/mol. The van der Waals surface area contributed by atoms with E-state index in [2.05, 4.69) is 15.3 Å². The average molecular weight is 351 g/mol. The number of hydrogen-bond donors (Lipinski definition) is 1. The molecule has 0 aliphatic heterocycles. The number of rotatable bonds is 5. The summed E-state index contributed by atoms with van der Waals surface area (Å²) in [6, 6.07) is 9.40. The van der Waals surface area contributed by atoms with Gasteiger partial charge in [-0.05, 0) is 44.0 Å². The van der Waals surface area contributed by atoms with Crippen LogP contribution in [0, 0.1) is 6.92 Å². The van der Waals surface area contributed by atoms with Gasteiger partial charge in [-0.15, -0.1) is 5.10 Å². The second kappa shape index (κ2) is 6.21. The number of carbonyl (C=O) groups excluding carboxylic acids is 1. The number of hydrogen-bond acceptors (Lipinski definition) is 5. The zero-order chi connectivity index (χ0) is 18.3. The standard InChI is InChI=1S/C18H17N5O3/c1-11-17(18(26)22(10-16(24)25)12-7-8-12)20-21-23(11)15-6-2-5-14-13(15)4-3-9-19-14/h2-6,9,12H,7-8,10H2,1H3,(H,24,25). The van der Waals surface area contributed by atoms with E-state index >= 15 is 0 Å². The summed E-state index contributed by atoms with van der Waals surface area (Å²) < 4.78 is 1.60. The molecule has 0 spiro atoms. The zero-order valence-electron chi connectivity index (χ0n) is 14.2. The Balaban J connectivity index is 1.74. The van der Waals surface area contributed by atoms with Gasteiger partial charge in [0, 0.05) is 17.6 Å². The van der Waals surface area contributed by atoms with Crippen molar-refractivity contribution in [3.05, 3.63) is 47.9 Å². The Kier molecular flexibility index (Phi) is 3.87. The van der Waals surface area contributed by atoms with Gasteiger partial charge in [0.05, 0.1) is 16.9 Å². The summed E-state index contributed by atoms with van der Waals surface area (Å²) in [4.78, 5) is 29.6. The minimum atomic E-state index is -1.03. The molecule has 3 aromatic rings. The molecule has 0 bridgehead atoms. The molecule has 8 nitrogen and oxygen atoms in total. The molecule has 0 atom stereocenters. The Bertz CT molecular complexity index is 1000. The van der Waals surface area contributed by atoms with Crippen molar-refractivity contribution in [1.29, 1.82) is 0 Å². The smallest absolute Gasteiger partial charge is 0.323 e. The molecule has 1 N–H and O–H groups in total. The van der Waals surface area contributed by atoms with Crippen LogP contribution in [0.3, 0.4) is 0 Å². The van der Waals surface area contributed by atoms with Crippen LogP contribution >= 0.6 is 0 Å². The number of benzene rings is 1. The molecular formula is C18H17N5O3. The van der Waals surface area contributed by atoms with Crippen LogP contribution in [-0.4, -0.2) is 54.4 Å². The Labute approximate surface area is 149 Å². The van der Waals surface area contributed by atoms with Crippen LogP contribution in [0.4, 0.5) is 0 Å². The summed E-state index contributed by atoms with van der Waals surface area (Å²) in [6.45, 7) is 1.43. The maximum absolute atomic E-state index is 12.8. The number of fused-ring (bicyclic) bond motifs is 1. The predicted molar refractivity (Wildman–Crippen MR) is 93.1 cm³/mol. The van der Waals surface area contributed by atoms with E-state index in [1.807, 2.05) is 30.3 Å². The fourth-order valence-electron chi connectivity index (χ4n) is 3.06. The molecule has 1 aromatic carbocycles. The lowest BCUT2D eigenvalue weighted by atomic mass is 10.1. The first-order chi connectivity index (χ1) is 12.6. The normalized spacial score (nSPS) is 13.7. The number of pyridine rings is 1. The Morgan fingerprint density at radius 1 is 1.27 bits per heavy atom. The second-order valence-electron chi connectivity index (χ2n) is 6.34. The molecule has 1 amide bonds. The van der Waals surface area contributed by atoms with Crippen molar-refractivity contribution in [2.75, 3.05) is 6.54 Å². The van der Waals surface area contributed by atoms with Gasteiger partial charge in [-0.25, -0.2) is 4.68 Å². The van der Waals surface area contributed by atoms with Crippen LogP contribution in [-0.2, 0) is 4.79 Å². The topological polar surface area (TPSA) is 101 Å². The van der Waals surface area contributed by atoms with Gasteiger partial charge in [0.2, 0.25) is 0 Å². The Morgan fingerprint density at radius 3 is 2.81 bits per heavy atom. The summed E-state index contributed by atoms with van der Waals surface area (Å²) in [7, 11) is 0. The summed E-state index contributed by atoms with van der Waals surface area (Å²) in [5, 5.41) is 18.2. The van der Waals surface area contributed by atoms with Gasteiger partial charge in [0.25, 0.3) is 5.91 Å². The molecule has 26 heavy (non-hydrogen) atoms. The number of carboxylic acids is 1. The lowest BCUT2D eigenvalue weighted by Crippen LogP contribution is -2.38. The fourth-order valence-corrected chi connectivity index (χ4v) is 3.06. The molecule has 4 rings (SSSR count). The maximum atomic E-state index is 12.8. The third-order valence-corrected chi connectivity index (χ3v) is 4.50. The lowest BCUT2D eigenvalue weighted by molar-refractivity contribution is -0.137. The molecule has 132 valence electrons. The number of carboxylic acid groups (broad SMARTS) is 1. The molecule has 8 heteroatoms. The number of aliphatic carboxylic acids is 1. The summed E-state index contributed by atoms with van der Waals surface area (Å²) in [5.41, 5.74) is 2.34. The molecule has 2 aromatic heterocycles. The van der Waals surface area contributed by atoms with Gasteiger partial charge in [-0.3, -0.25) is 14.6 Å². The van der Waals surface area contributed by atoms with Gasteiger partial charge in [-0.1, -0.05) is 11.3 Å². The number of nitrogens with zero attached hydrogens (tertiary/aromatic N) is 5. The molecule has 1 aliphatic carbocycles. The highest BCUT2D eigenvalue weighted by Crippen LogP contribution is 2.29. The zero-order valence-corrected chi connectivity index (χ0v) is 14.2. The van der Waals surface area contributed by atoms with Crippen molar-refractivity contribution < 1.29 is 14.7 Å². The third-order valence-electron chi connectivity index (χ3n) is 4.50. The second-order valence-corrected chi connectivity index (χ2v) is 6.34. The van der Waals surface area contributed by atoms with Crippen molar-refractivity contribution in [1.82, 2.24) is 24.9 Å². The quantitative estimate of drug-likeness (QED) is 0.752. The van der Waals surface area contributed by atoms with Gasteiger partial charge >= 0.3 is 5.97 Å². The predicted octanol–water partition coefficient (Wildman–Crippen LogP) is 1.81. The summed E-state index contributed by atoms with van der Waals surface area (Å²) in [6.07, 6.45) is 3.36. The van der Waals surface area contributed by atoms with Crippen LogP contribution in [0.2, 0.25) is 0 Å². The first kappa shape index (κ1) is 16.2. The van der Waals surface area contributed by atoms with Crippen LogP contribution in [0.5, 0.6) is 0 Å². The van der Waals surface area contributed by atoms with E-state index in [9.17, 15) is 9.59 Å². The van der Waals surface area contributed by atoms with Crippen molar-refractivity contribution in [2.24, 2.45) is 0 Å². The first-order valence-corrected chi connectivity index (χ1v) is 8.35. The maximum Gasteiger partial charge on any atom is 0.323 e. The highest BCUT2D eigenvalue weighted by molar-refractivity contribution is 5.96. The van der Waals surface area contributed by atoms with Crippen molar-refractivity contribution in [3.8, 4) is 5.69 Å². The van der Waals surface area contributed by atoms with Gasteiger partial charge in [0.15, 0.2) is 5.69 Å². The van der Waals surface area contributed by atoms with E-state index < -0.39 is 11.9 Å². The van der Waals surface area contributed by atoms with Crippen LogP contribution in [0.25, 0.3) is 16.6 Å². The molecule has 2 heterocycles. The third kappa shape index (κ3) is 2.79. The summed E-state index contributed by atoms with van der Waals surface area (Å²) in [5.74, 6) is -1.42. The Hall–Kier alpha value is -3.29. The molecule has 1 aliphatic rings. The Morgan fingerprint density at radius 2 is 2.08 bits per heavy atom. The number of carbonyl (C=O) groups is 2. The fraction of sp³-hybridized carbons (Fsp3) is 0.278. The SMILES string of the molecule is Cc1c(C(=O)N(CC(=O)O)C2CC2)nnn1-c1cccc2ncccc12. The van der Waals surface area contributed by atoms with E-state index in [4.69, 9.17) is 5.11 Å². The van der Waals surface area contributed by atoms with Gasteiger partial charge in [-0.2, -0.15) is 0 Å². The van der Waals surface area contributed by atoms with E-state index in [0.29, 0.717) is 5.69 Å². The van der Waals surface area contributed by atoms with Gasteiger partial charge in [0.1, 0.15) is 6.54 Å². The van der Waals surface area contributed by atoms with Crippen molar-refractivity contribution >= 4 is 22.8 Å². The lowest BCUT2D eigenvalue weighted by Gasteiger charge is -2.19. The number of amides is 1. The van der Waals surface area contributed by atoms with Crippen molar-refractivity contribution in [3.63, 3.8) is 0 Å². The first-order valence-electron chi connectivity index (χ1n) is 8.35. The van der Waals surface area contributed by atoms with Gasteiger partial charge < -0.3 is 10.0 Å². The summed E-state index contributed by atoms with van der Waals surface area (Å²) >= 11 is 0. The minimum absolute atomic E-state index is 0.0232. The molecule has 1 fully saturated rings. The van der Waals surface area contributed by atoms with E-state index in [1.54, 1.807) is 17.8 Å². The van der Waals surface area contributed by atoms with E-state index in [0.717, 1.165) is 29.4 Å². The molecule has 0 saturated heterocycles.